The number of unbranched alkanes of at least 4 members (excludes halogenated alkanes) is 2. The van der Waals surface area contributed by atoms with Gasteiger partial charge in [-0.2, -0.15) is 0 Å². The van der Waals surface area contributed by atoms with E-state index in [0.29, 0.717) is 0 Å². The molecule has 0 spiro atoms. The Balaban J connectivity index is 1.95. The lowest BCUT2D eigenvalue weighted by molar-refractivity contribution is -0.921. The minimum Gasteiger partial charge on any atom is -0.493 e. The Labute approximate surface area is 126 Å². The van der Waals surface area contributed by atoms with Crippen LogP contribution in [-0.4, -0.2) is 32.9 Å². The van der Waals surface area contributed by atoms with E-state index in [4.69, 9.17) is 21.1 Å². The minimum atomic E-state index is 0.786. The number of nitrogens with one attached hydrogen (secondary N) is 1. The largest absolute Gasteiger partial charge is 0.493 e. The van der Waals surface area contributed by atoms with Gasteiger partial charge in [0.2, 0.25) is 0 Å². The first-order valence-electron chi connectivity index (χ1n) is 7.62. The van der Waals surface area contributed by atoms with E-state index in [1.165, 1.54) is 23.3 Å². The Hall–Kier alpha value is -0.770. The first kappa shape index (κ1) is 15.6. The highest BCUT2D eigenvalue weighted by atomic mass is 35.5. The SMILES string of the molecule is CCCCCOc1ccc(Cl)cc1C[NH+]1CCOCC1. The van der Waals surface area contributed by atoms with Gasteiger partial charge in [-0.25, -0.2) is 0 Å². The molecule has 0 radical (unpaired) electrons. The summed E-state index contributed by atoms with van der Waals surface area (Å²) in [7, 11) is 0. The Morgan fingerprint density at radius 3 is 2.80 bits per heavy atom. The molecule has 3 nitrogen and oxygen atoms in total. The van der Waals surface area contributed by atoms with Crippen LogP contribution in [0.5, 0.6) is 5.75 Å². The number of hydrogen-bond donors (Lipinski definition) is 1. The summed E-state index contributed by atoms with van der Waals surface area (Å²) in [6.45, 7) is 7.78. The molecule has 2 rings (SSSR count). The van der Waals surface area contributed by atoms with Crippen molar-refractivity contribution in [1.29, 1.82) is 0 Å². The van der Waals surface area contributed by atoms with Crippen LogP contribution in [0.25, 0.3) is 0 Å². The molecule has 1 aliphatic heterocycles. The molecule has 0 aromatic heterocycles. The van der Waals surface area contributed by atoms with Crippen LogP contribution in [0, 0.1) is 0 Å². The highest BCUT2D eigenvalue weighted by Gasteiger charge is 2.17. The van der Waals surface area contributed by atoms with Gasteiger partial charge in [0, 0.05) is 10.6 Å². The van der Waals surface area contributed by atoms with Gasteiger partial charge in [-0.3, -0.25) is 0 Å². The summed E-state index contributed by atoms with van der Waals surface area (Å²) in [6.07, 6.45) is 3.55. The number of benzene rings is 1. The van der Waals surface area contributed by atoms with Crippen LogP contribution in [0.3, 0.4) is 0 Å². The molecule has 0 aliphatic carbocycles. The van der Waals surface area contributed by atoms with Crippen LogP contribution < -0.4 is 9.64 Å². The van der Waals surface area contributed by atoms with E-state index in [0.717, 1.165) is 56.6 Å². The fraction of sp³-hybridized carbons (Fsp3) is 0.625. The molecule has 1 heterocycles. The normalized spacial score (nSPS) is 16.3. The zero-order chi connectivity index (χ0) is 14.2. The van der Waals surface area contributed by atoms with Crippen molar-refractivity contribution in [1.82, 2.24) is 0 Å². The third-order valence-corrected chi connectivity index (χ3v) is 3.90. The average molecular weight is 299 g/mol. The van der Waals surface area contributed by atoms with Gasteiger partial charge in [-0.05, 0) is 24.6 Å². The van der Waals surface area contributed by atoms with Crippen molar-refractivity contribution >= 4 is 11.6 Å². The number of hydrogen-bond acceptors (Lipinski definition) is 2. The van der Waals surface area contributed by atoms with E-state index >= 15 is 0 Å². The Kier molecular flexibility index (Phi) is 6.64. The van der Waals surface area contributed by atoms with Crippen molar-refractivity contribution in [3.63, 3.8) is 0 Å². The molecular weight excluding hydrogens is 274 g/mol. The van der Waals surface area contributed by atoms with Crippen molar-refractivity contribution in [3.05, 3.63) is 28.8 Å². The summed E-state index contributed by atoms with van der Waals surface area (Å²) in [5.41, 5.74) is 1.21. The number of halogens is 1. The maximum atomic E-state index is 6.13. The van der Waals surface area contributed by atoms with Crippen LogP contribution >= 0.6 is 11.6 Å². The van der Waals surface area contributed by atoms with Gasteiger partial charge in [0.25, 0.3) is 0 Å². The number of rotatable bonds is 7. The fourth-order valence-electron chi connectivity index (χ4n) is 2.47. The van der Waals surface area contributed by atoms with E-state index < -0.39 is 0 Å². The lowest BCUT2D eigenvalue weighted by atomic mass is 10.1. The van der Waals surface area contributed by atoms with Crippen molar-refractivity contribution in [2.45, 2.75) is 32.7 Å². The minimum absolute atomic E-state index is 0.786. The lowest BCUT2D eigenvalue weighted by Crippen LogP contribution is -3.12. The molecule has 112 valence electrons. The molecule has 4 heteroatoms. The van der Waals surface area contributed by atoms with E-state index in [1.54, 1.807) is 0 Å². The maximum Gasteiger partial charge on any atom is 0.128 e. The monoisotopic (exact) mass is 298 g/mol. The number of quaternary nitrogens is 1. The molecule has 1 N–H and O–H groups in total. The van der Waals surface area contributed by atoms with Crippen molar-refractivity contribution < 1.29 is 14.4 Å². The third kappa shape index (κ3) is 4.97. The summed E-state index contributed by atoms with van der Waals surface area (Å²) < 4.78 is 11.3. The van der Waals surface area contributed by atoms with Gasteiger partial charge < -0.3 is 14.4 Å². The van der Waals surface area contributed by atoms with E-state index in [9.17, 15) is 0 Å². The average Bonchev–Trinajstić information content (AvgIpc) is 2.47. The molecule has 20 heavy (non-hydrogen) atoms. The Morgan fingerprint density at radius 2 is 2.05 bits per heavy atom. The summed E-state index contributed by atoms with van der Waals surface area (Å²) in [5.74, 6) is 0.990. The van der Waals surface area contributed by atoms with E-state index in [2.05, 4.69) is 6.92 Å². The second-order valence-electron chi connectivity index (χ2n) is 5.35. The smallest absolute Gasteiger partial charge is 0.128 e. The lowest BCUT2D eigenvalue weighted by Gasteiger charge is -2.24. The van der Waals surface area contributed by atoms with Gasteiger partial charge in [-0.1, -0.05) is 31.4 Å². The van der Waals surface area contributed by atoms with Crippen LogP contribution in [0.4, 0.5) is 0 Å². The van der Waals surface area contributed by atoms with Crippen LogP contribution in [0.1, 0.15) is 31.7 Å². The first-order chi connectivity index (χ1) is 9.79. The topological polar surface area (TPSA) is 22.9 Å². The van der Waals surface area contributed by atoms with Crippen molar-refractivity contribution in [2.75, 3.05) is 32.9 Å². The van der Waals surface area contributed by atoms with Crippen LogP contribution in [0.2, 0.25) is 5.02 Å². The second-order valence-corrected chi connectivity index (χ2v) is 5.78. The summed E-state index contributed by atoms with van der Waals surface area (Å²) >= 11 is 6.13. The summed E-state index contributed by atoms with van der Waals surface area (Å²) in [5, 5.41) is 0.786. The number of ether oxygens (including phenoxy) is 2. The quantitative estimate of drug-likeness (QED) is 0.781. The molecule has 1 saturated heterocycles. The summed E-state index contributed by atoms with van der Waals surface area (Å²) in [6, 6.07) is 5.96. The molecule has 0 amide bonds. The highest BCUT2D eigenvalue weighted by molar-refractivity contribution is 6.30. The molecule has 1 aromatic carbocycles. The van der Waals surface area contributed by atoms with E-state index in [-0.39, 0.29) is 0 Å². The fourth-order valence-corrected chi connectivity index (χ4v) is 2.66. The molecule has 0 bridgehead atoms. The standard InChI is InChI=1S/C16H24ClNO2/c1-2-3-4-9-20-16-6-5-15(17)12-14(16)13-18-7-10-19-11-8-18/h5-6,12H,2-4,7-11,13H2,1H3/p+1. The van der Waals surface area contributed by atoms with Gasteiger partial charge in [0.15, 0.2) is 0 Å². The molecule has 1 fully saturated rings. The number of morpholine rings is 1. The van der Waals surface area contributed by atoms with Crippen molar-refractivity contribution in [2.24, 2.45) is 0 Å². The van der Waals surface area contributed by atoms with Gasteiger partial charge in [-0.15, -0.1) is 0 Å². The zero-order valence-electron chi connectivity index (χ0n) is 12.3. The second kappa shape index (κ2) is 8.50. The molecule has 0 saturated carbocycles. The molecule has 1 aliphatic rings. The highest BCUT2D eigenvalue weighted by Crippen LogP contribution is 2.22. The predicted octanol–water partition coefficient (Wildman–Crippen LogP) is 2.32. The van der Waals surface area contributed by atoms with Crippen LogP contribution in [-0.2, 0) is 11.3 Å². The van der Waals surface area contributed by atoms with E-state index in [1.807, 2.05) is 18.2 Å². The van der Waals surface area contributed by atoms with Gasteiger partial charge in [0.05, 0.1) is 19.8 Å². The van der Waals surface area contributed by atoms with Crippen LogP contribution in [0.15, 0.2) is 18.2 Å². The molecule has 0 unspecified atom stereocenters. The molecule has 0 atom stereocenters. The summed E-state index contributed by atoms with van der Waals surface area (Å²) in [4.78, 5) is 1.54. The van der Waals surface area contributed by atoms with Gasteiger partial charge >= 0.3 is 0 Å². The third-order valence-electron chi connectivity index (χ3n) is 3.67. The molecule has 1 aromatic rings. The Morgan fingerprint density at radius 1 is 1.25 bits per heavy atom. The van der Waals surface area contributed by atoms with Gasteiger partial charge in [0.1, 0.15) is 25.4 Å². The molecular formula is C16H25ClNO2+. The first-order valence-corrected chi connectivity index (χ1v) is 8.00. The van der Waals surface area contributed by atoms with Crippen molar-refractivity contribution in [3.8, 4) is 5.75 Å². The predicted molar refractivity (Wildman–Crippen MR) is 81.7 cm³/mol. The Bertz CT molecular complexity index is 405. The zero-order valence-corrected chi connectivity index (χ0v) is 13.0. The maximum absolute atomic E-state index is 6.13.